The lowest BCUT2D eigenvalue weighted by Gasteiger charge is -2.05. The van der Waals surface area contributed by atoms with Crippen molar-refractivity contribution in [2.75, 3.05) is 7.11 Å². The number of hydrogen-bond acceptors (Lipinski definition) is 4. The fourth-order valence-electron chi connectivity index (χ4n) is 2.54. The van der Waals surface area contributed by atoms with Crippen molar-refractivity contribution in [3.63, 3.8) is 0 Å². The number of methoxy groups -OCH3 is 1. The van der Waals surface area contributed by atoms with Crippen molar-refractivity contribution in [1.29, 1.82) is 0 Å². The maximum atomic E-state index is 10.8. The van der Waals surface area contributed by atoms with Gasteiger partial charge in [0.1, 0.15) is 17.3 Å². The van der Waals surface area contributed by atoms with Gasteiger partial charge in [0, 0.05) is 12.1 Å². The summed E-state index contributed by atoms with van der Waals surface area (Å²) < 4.78 is 11.0. The van der Waals surface area contributed by atoms with Gasteiger partial charge in [-0.15, -0.1) is 0 Å². The SMILES string of the molecule is COc1ccc(-c2ccc(CNCc3ccc(C(=O)O)cc3)o2)cc1Cl. The Hall–Kier alpha value is -2.76. The molecule has 0 saturated heterocycles. The van der Waals surface area contributed by atoms with E-state index in [-0.39, 0.29) is 5.56 Å². The topological polar surface area (TPSA) is 71.7 Å². The molecule has 3 aromatic rings. The summed E-state index contributed by atoms with van der Waals surface area (Å²) in [5, 5.41) is 12.7. The van der Waals surface area contributed by atoms with E-state index in [0.717, 1.165) is 22.6 Å². The van der Waals surface area contributed by atoms with E-state index in [2.05, 4.69) is 5.32 Å². The molecule has 1 aromatic heterocycles. The molecule has 0 amide bonds. The van der Waals surface area contributed by atoms with Crippen molar-refractivity contribution in [2.45, 2.75) is 13.1 Å². The highest BCUT2D eigenvalue weighted by molar-refractivity contribution is 6.32. The summed E-state index contributed by atoms with van der Waals surface area (Å²) in [6, 6.07) is 16.1. The van der Waals surface area contributed by atoms with Crippen LogP contribution in [0.25, 0.3) is 11.3 Å². The second kappa shape index (κ2) is 8.08. The largest absolute Gasteiger partial charge is 0.495 e. The highest BCUT2D eigenvalue weighted by Gasteiger charge is 2.08. The lowest BCUT2D eigenvalue weighted by molar-refractivity contribution is 0.0697. The van der Waals surface area contributed by atoms with Gasteiger partial charge in [0.15, 0.2) is 0 Å². The molecule has 0 radical (unpaired) electrons. The van der Waals surface area contributed by atoms with Gasteiger partial charge in [-0.05, 0) is 48.0 Å². The van der Waals surface area contributed by atoms with Crippen LogP contribution in [0.3, 0.4) is 0 Å². The van der Waals surface area contributed by atoms with E-state index in [1.165, 1.54) is 0 Å². The number of aromatic carboxylic acids is 1. The van der Waals surface area contributed by atoms with Crippen LogP contribution in [0.1, 0.15) is 21.7 Å². The highest BCUT2D eigenvalue weighted by atomic mass is 35.5. The number of hydrogen-bond donors (Lipinski definition) is 2. The third kappa shape index (κ3) is 4.25. The molecule has 0 fully saturated rings. The predicted molar refractivity (Wildman–Crippen MR) is 99.7 cm³/mol. The number of ether oxygens (including phenoxy) is 1. The Kier molecular flexibility index (Phi) is 5.61. The maximum absolute atomic E-state index is 10.8. The van der Waals surface area contributed by atoms with E-state index in [1.807, 2.05) is 18.2 Å². The molecule has 2 aromatic carbocycles. The summed E-state index contributed by atoms with van der Waals surface area (Å²) in [4.78, 5) is 10.8. The first-order valence-electron chi connectivity index (χ1n) is 8.02. The maximum Gasteiger partial charge on any atom is 0.335 e. The average Bonchev–Trinajstić information content (AvgIpc) is 3.11. The summed E-state index contributed by atoms with van der Waals surface area (Å²) in [5.41, 5.74) is 2.16. The molecule has 0 saturated carbocycles. The minimum Gasteiger partial charge on any atom is -0.495 e. The first kappa shape index (κ1) is 18.0. The molecule has 1 heterocycles. The third-order valence-electron chi connectivity index (χ3n) is 3.93. The highest BCUT2D eigenvalue weighted by Crippen LogP contribution is 2.31. The molecule has 0 unspecified atom stereocenters. The smallest absolute Gasteiger partial charge is 0.335 e. The molecule has 0 bridgehead atoms. The second-order valence-electron chi connectivity index (χ2n) is 5.72. The Morgan fingerprint density at radius 1 is 1.12 bits per heavy atom. The van der Waals surface area contributed by atoms with Gasteiger partial charge in [0.2, 0.25) is 0 Å². The molecule has 0 aliphatic heterocycles. The van der Waals surface area contributed by atoms with Crippen molar-refractivity contribution in [3.05, 3.63) is 76.5 Å². The van der Waals surface area contributed by atoms with Crippen molar-refractivity contribution in [1.82, 2.24) is 5.32 Å². The summed E-state index contributed by atoms with van der Waals surface area (Å²) in [7, 11) is 1.58. The van der Waals surface area contributed by atoms with Gasteiger partial charge in [0.05, 0.1) is 24.2 Å². The standard InChI is InChI=1S/C20H18ClNO4/c1-25-19-8-6-15(10-17(19)21)18-9-7-16(26-18)12-22-11-13-2-4-14(5-3-13)20(23)24/h2-10,22H,11-12H2,1H3,(H,23,24). The van der Waals surface area contributed by atoms with Crippen LogP contribution in [0.5, 0.6) is 5.75 Å². The quantitative estimate of drug-likeness (QED) is 0.635. The van der Waals surface area contributed by atoms with Gasteiger partial charge in [-0.2, -0.15) is 0 Å². The summed E-state index contributed by atoms with van der Waals surface area (Å²) in [6.07, 6.45) is 0. The van der Waals surface area contributed by atoms with Crippen LogP contribution >= 0.6 is 11.6 Å². The average molecular weight is 372 g/mol. The first-order valence-corrected chi connectivity index (χ1v) is 8.40. The van der Waals surface area contributed by atoms with E-state index in [9.17, 15) is 4.79 Å². The van der Waals surface area contributed by atoms with E-state index in [4.69, 9.17) is 25.9 Å². The fourth-order valence-corrected chi connectivity index (χ4v) is 2.80. The minimum atomic E-state index is -0.925. The number of halogens is 1. The molecule has 5 nitrogen and oxygen atoms in total. The van der Waals surface area contributed by atoms with Crippen LogP contribution in [-0.2, 0) is 13.1 Å². The van der Waals surface area contributed by atoms with E-state index in [1.54, 1.807) is 43.5 Å². The number of carbonyl (C=O) groups is 1. The van der Waals surface area contributed by atoms with Crippen molar-refractivity contribution in [2.24, 2.45) is 0 Å². The van der Waals surface area contributed by atoms with Crippen molar-refractivity contribution < 1.29 is 19.1 Å². The molecule has 134 valence electrons. The number of carboxylic acid groups (broad SMARTS) is 1. The van der Waals surface area contributed by atoms with Crippen LogP contribution in [0, 0.1) is 0 Å². The van der Waals surface area contributed by atoms with Crippen LogP contribution in [0.4, 0.5) is 0 Å². The first-order chi connectivity index (χ1) is 12.6. The molecule has 0 aliphatic carbocycles. The van der Waals surface area contributed by atoms with E-state index >= 15 is 0 Å². The second-order valence-corrected chi connectivity index (χ2v) is 6.13. The molecule has 0 aliphatic rings. The zero-order chi connectivity index (χ0) is 18.5. The minimum absolute atomic E-state index is 0.280. The predicted octanol–water partition coefficient (Wildman–Crippen LogP) is 4.60. The number of nitrogens with one attached hydrogen (secondary N) is 1. The lowest BCUT2D eigenvalue weighted by atomic mass is 10.1. The zero-order valence-corrected chi connectivity index (χ0v) is 14.9. The summed E-state index contributed by atoms with van der Waals surface area (Å²) >= 11 is 6.15. The van der Waals surface area contributed by atoms with Crippen LogP contribution < -0.4 is 10.1 Å². The van der Waals surface area contributed by atoms with E-state index in [0.29, 0.717) is 23.9 Å². The monoisotopic (exact) mass is 371 g/mol. The van der Waals surface area contributed by atoms with Crippen LogP contribution in [0.2, 0.25) is 5.02 Å². The molecule has 3 rings (SSSR count). The molecular weight excluding hydrogens is 354 g/mol. The molecule has 0 atom stereocenters. The number of rotatable bonds is 7. The van der Waals surface area contributed by atoms with Crippen molar-refractivity contribution >= 4 is 17.6 Å². The number of carboxylic acids is 1. The third-order valence-corrected chi connectivity index (χ3v) is 4.22. The van der Waals surface area contributed by atoms with Gasteiger partial charge in [-0.25, -0.2) is 4.79 Å². The molecule has 0 spiro atoms. The Morgan fingerprint density at radius 2 is 1.88 bits per heavy atom. The van der Waals surface area contributed by atoms with Crippen molar-refractivity contribution in [3.8, 4) is 17.1 Å². The molecule has 26 heavy (non-hydrogen) atoms. The van der Waals surface area contributed by atoms with Gasteiger partial charge in [-0.1, -0.05) is 23.7 Å². The van der Waals surface area contributed by atoms with Gasteiger partial charge in [-0.3, -0.25) is 0 Å². The Balaban J connectivity index is 1.58. The van der Waals surface area contributed by atoms with Gasteiger partial charge in [0.25, 0.3) is 0 Å². The molecule has 2 N–H and O–H groups in total. The molecule has 6 heteroatoms. The summed E-state index contributed by atoms with van der Waals surface area (Å²) in [5.74, 6) is 1.23. The fraction of sp³-hybridized carbons (Fsp3) is 0.150. The number of furan rings is 1. The zero-order valence-electron chi connectivity index (χ0n) is 14.2. The Bertz CT molecular complexity index is 902. The molecular formula is C20H18ClNO4. The summed E-state index contributed by atoms with van der Waals surface area (Å²) in [6.45, 7) is 1.18. The Morgan fingerprint density at radius 3 is 2.54 bits per heavy atom. The van der Waals surface area contributed by atoms with Crippen LogP contribution in [-0.4, -0.2) is 18.2 Å². The Labute approximate surface area is 156 Å². The lowest BCUT2D eigenvalue weighted by Crippen LogP contribution is -2.12. The van der Waals surface area contributed by atoms with Gasteiger partial charge < -0.3 is 19.6 Å². The van der Waals surface area contributed by atoms with Crippen LogP contribution in [0.15, 0.2) is 59.0 Å². The van der Waals surface area contributed by atoms with E-state index < -0.39 is 5.97 Å². The normalized spacial score (nSPS) is 10.7. The van der Waals surface area contributed by atoms with Gasteiger partial charge >= 0.3 is 5.97 Å². The number of benzene rings is 2.